The molecule has 0 aliphatic carbocycles. The Morgan fingerprint density at radius 3 is 2.64 bits per heavy atom. The van der Waals surface area contributed by atoms with Crippen molar-refractivity contribution >= 4 is 6.03 Å². The maximum Gasteiger partial charge on any atom is 0.318 e. The molecule has 0 radical (unpaired) electrons. The third-order valence-corrected chi connectivity index (χ3v) is 4.91. The Morgan fingerprint density at radius 1 is 1.16 bits per heavy atom. The number of hydrogen-bond donors (Lipinski definition) is 1. The van der Waals surface area contributed by atoms with Crippen molar-refractivity contribution in [1.82, 2.24) is 15.1 Å². The van der Waals surface area contributed by atoms with E-state index in [0.29, 0.717) is 19.7 Å². The predicted molar refractivity (Wildman–Crippen MR) is 99.8 cm³/mol. The van der Waals surface area contributed by atoms with Crippen LogP contribution in [0, 0.1) is 0 Å². The minimum absolute atomic E-state index is 0.00984. The highest BCUT2D eigenvalue weighted by Gasteiger charge is 2.21. The van der Waals surface area contributed by atoms with E-state index in [4.69, 9.17) is 4.74 Å². The van der Waals surface area contributed by atoms with Crippen molar-refractivity contribution in [2.45, 2.75) is 58.7 Å². The van der Waals surface area contributed by atoms with Crippen LogP contribution in [0.2, 0.25) is 0 Å². The van der Waals surface area contributed by atoms with Crippen molar-refractivity contribution in [3.05, 3.63) is 29.3 Å². The summed E-state index contributed by atoms with van der Waals surface area (Å²) in [4.78, 5) is 16.8. The van der Waals surface area contributed by atoms with Crippen LogP contribution in [0.5, 0.6) is 5.75 Å². The summed E-state index contributed by atoms with van der Waals surface area (Å²) in [6.07, 6.45) is 5.32. The minimum atomic E-state index is -0.00984. The number of likely N-dealkylation sites (tertiary alicyclic amines) is 1. The molecular formula is C20H31N3O2. The molecule has 2 aliphatic heterocycles. The highest BCUT2D eigenvalue weighted by Crippen LogP contribution is 2.25. The number of ether oxygens (including phenoxy) is 1. The second kappa shape index (κ2) is 8.56. The van der Waals surface area contributed by atoms with Crippen molar-refractivity contribution in [3.63, 3.8) is 0 Å². The summed E-state index contributed by atoms with van der Waals surface area (Å²) < 4.78 is 5.86. The van der Waals surface area contributed by atoms with Gasteiger partial charge in [0.25, 0.3) is 0 Å². The molecule has 5 nitrogen and oxygen atoms in total. The van der Waals surface area contributed by atoms with Crippen LogP contribution in [0.1, 0.15) is 50.7 Å². The first-order valence-electron chi connectivity index (χ1n) is 9.64. The molecule has 5 heteroatoms. The van der Waals surface area contributed by atoms with Gasteiger partial charge in [0.2, 0.25) is 0 Å². The van der Waals surface area contributed by atoms with Crippen LogP contribution < -0.4 is 10.1 Å². The molecular weight excluding hydrogens is 314 g/mol. The second-order valence-corrected chi connectivity index (χ2v) is 7.51. The number of fused-ring (bicyclic) bond motifs is 1. The number of benzene rings is 1. The SMILES string of the molecule is CC(C)NC(=O)N1CCOc2ccc(CN3CCCCCC3)cc2C1. The van der Waals surface area contributed by atoms with Crippen LogP contribution >= 0.6 is 0 Å². The number of amides is 2. The van der Waals surface area contributed by atoms with E-state index in [1.807, 2.05) is 18.7 Å². The summed E-state index contributed by atoms with van der Waals surface area (Å²) in [6, 6.07) is 6.61. The first-order valence-corrected chi connectivity index (χ1v) is 9.64. The third kappa shape index (κ3) is 5.11. The fourth-order valence-electron chi connectivity index (χ4n) is 3.61. The van der Waals surface area contributed by atoms with Gasteiger partial charge < -0.3 is 15.0 Å². The van der Waals surface area contributed by atoms with Crippen LogP contribution in [0.3, 0.4) is 0 Å². The van der Waals surface area contributed by atoms with Crippen molar-refractivity contribution in [3.8, 4) is 5.75 Å². The Balaban J connectivity index is 1.69. The van der Waals surface area contributed by atoms with Gasteiger partial charge in [0.15, 0.2) is 0 Å². The van der Waals surface area contributed by atoms with Crippen molar-refractivity contribution in [2.24, 2.45) is 0 Å². The van der Waals surface area contributed by atoms with Gasteiger partial charge in [0.05, 0.1) is 13.1 Å². The predicted octanol–water partition coefficient (Wildman–Crippen LogP) is 3.38. The van der Waals surface area contributed by atoms with Gasteiger partial charge in [-0.1, -0.05) is 18.9 Å². The number of carbonyl (C=O) groups excluding carboxylic acids is 1. The summed E-state index contributed by atoms with van der Waals surface area (Å²) in [5, 5.41) is 2.98. The van der Waals surface area contributed by atoms with E-state index in [0.717, 1.165) is 17.9 Å². The molecule has 0 spiro atoms. The largest absolute Gasteiger partial charge is 0.491 e. The highest BCUT2D eigenvalue weighted by molar-refractivity contribution is 5.74. The molecule has 1 aromatic rings. The van der Waals surface area contributed by atoms with Crippen LogP contribution in [0.15, 0.2) is 18.2 Å². The lowest BCUT2D eigenvalue weighted by molar-refractivity contribution is 0.185. The number of rotatable bonds is 3. The standard InChI is InChI=1S/C20H31N3O2/c1-16(2)21-20(24)23-11-12-25-19-8-7-17(13-18(19)15-23)14-22-9-5-3-4-6-10-22/h7-8,13,16H,3-6,9-12,14-15H2,1-2H3,(H,21,24). The average Bonchev–Trinajstić information content (AvgIpc) is 2.94. The number of nitrogens with one attached hydrogen (secondary N) is 1. The molecule has 0 unspecified atom stereocenters. The van der Waals surface area contributed by atoms with E-state index >= 15 is 0 Å². The van der Waals surface area contributed by atoms with Crippen LogP contribution in [0.25, 0.3) is 0 Å². The number of carbonyl (C=O) groups is 1. The molecule has 138 valence electrons. The molecule has 2 aliphatic rings. The van der Waals surface area contributed by atoms with Gasteiger partial charge in [-0.25, -0.2) is 4.79 Å². The van der Waals surface area contributed by atoms with Gasteiger partial charge >= 0.3 is 6.03 Å². The highest BCUT2D eigenvalue weighted by atomic mass is 16.5. The molecule has 0 aromatic heterocycles. The summed E-state index contributed by atoms with van der Waals surface area (Å²) in [5.41, 5.74) is 2.43. The van der Waals surface area contributed by atoms with E-state index in [1.54, 1.807) is 0 Å². The zero-order valence-corrected chi connectivity index (χ0v) is 15.6. The molecule has 3 rings (SSSR count). The Kier molecular flexibility index (Phi) is 6.19. The zero-order chi connectivity index (χ0) is 17.6. The van der Waals surface area contributed by atoms with E-state index in [9.17, 15) is 4.79 Å². The Bertz CT molecular complexity index is 580. The molecule has 1 saturated heterocycles. The first kappa shape index (κ1) is 18.1. The second-order valence-electron chi connectivity index (χ2n) is 7.51. The lowest BCUT2D eigenvalue weighted by Crippen LogP contribution is -2.43. The topological polar surface area (TPSA) is 44.8 Å². The van der Waals surface area contributed by atoms with E-state index in [-0.39, 0.29) is 12.1 Å². The number of hydrogen-bond acceptors (Lipinski definition) is 3. The summed E-state index contributed by atoms with van der Waals surface area (Å²) in [5.74, 6) is 0.916. The fourth-order valence-corrected chi connectivity index (χ4v) is 3.61. The lowest BCUT2D eigenvalue weighted by atomic mass is 10.1. The van der Waals surface area contributed by atoms with Gasteiger partial charge in [-0.15, -0.1) is 0 Å². The Labute approximate surface area is 151 Å². The van der Waals surface area contributed by atoms with Crippen molar-refractivity contribution < 1.29 is 9.53 Å². The van der Waals surface area contributed by atoms with Gasteiger partial charge in [0, 0.05) is 18.2 Å². The monoisotopic (exact) mass is 345 g/mol. The third-order valence-electron chi connectivity index (χ3n) is 4.91. The van der Waals surface area contributed by atoms with Crippen LogP contribution in [0.4, 0.5) is 4.79 Å². The molecule has 1 aromatic carbocycles. The maximum absolute atomic E-state index is 12.4. The maximum atomic E-state index is 12.4. The number of urea groups is 1. The summed E-state index contributed by atoms with van der Waals surface area (Å²) >= 11 is 0. The zero-order valence-electron chi connectivity index (χ0n) is 15.6. The van der Waals surface area contributed by atoms with Gasteiger partial charge in [0.1, 0.15) is 12.4 Å². The van der Waals surface area contributed by atoms with Crippen LogP contribution in [-0.2, 0) is 13.1 Å². The Hall–Kier alpha value is -1.75. The van der Waals surface area contributed by atoms with Gasteiger partial charge in [-0.3, -0.25) is 4.90 Å². The molecule has 2 amide bonds. The lowest BCUT2D eigenvalue weighted by Gasteiger charge is -2.23. The van der Waals surface area contributed by atoms with Crippen molar-refractivity contribution in [1.29, 1.82) is 0 Å². The molecule has 1 fully saturated rings. The normalized spacial score (nSPS) is 18.9. The Morgan fingerprint density at radius 2 is 1.92 bits per heavy atom. The molecule has 0 bridgehead atoms. The first-order chi connectivity index (χ1) is 12.1. The van der Waals surface area contributed by atoms with Gasteiger partial charge in [-0.05, 0) is 57.5 Å². The van der Waals surface area contributed by atoms with Crippen molar-refractivity contribution in [2.75, 3.05) is 26.2 Å². The molecule has 2 heterocycles. The summed E-state index contributed by atoms with van der Waals surface area (Å²) in [6.45, 7) is 9.12. The van der Waals surface area contributed by atoms with Gasteiger partial charge in [-0.2, -0.15) is 0 Å². The molecule has 0 atom stereocenters. The van der Waals surface area contributed by atoms with E-state index in [2.05, 4.69) is 28.4 Å². The molecule has 25 heavy (non-hydrogen) atoms. The number of nitrogens with zero attached hydrogens (tertiary/aromatic N) is 2. The fraction of sp³-hybridized carbons (Fsp3) is 0.650. The van der Waals surface area contributed by atoms with Crippen LogP contribution in [-0.4, -0.2) is 48.1 Å². The van der Waals surface area contributed by atoms with E-state index in [1.165, 1.54) is 44.3 Å². The van der Waals surface area contributed by atoms with E-state index < -0.39 is 0 Å². The summed E-state index contributed by atoms with van der Waals surface area (Å²) in [7, 11) is 0. The quantitative estimate of drug-likeness (QED) is 0.913. The molecule has 0 saturated carbocycles. The average molecular weight is 345 g/mol. The smallest absolute Gasteiger partial charge is 0.318 e. The minimum Gasteiger partial charge on any atom is -0.491 e. The molecule has 1 N–H and O–H groups in total.